The molecule has 5 rings (SSSR count). The third kappa shape index (κ3) is 4.18. The maximum absolute atomic E-state index is 12.9. The van der Waals surface area contributed by atoms with Gasteiger partial charge >= 0.3 is 0 Å². The highest BCUT2D eigenvalue weighted by Crippen LogP contribution is 2.31. The lowest BCUT2D eigenvalue weighted by Crippen LogP contribution is -2.23. The van der Waals surface area contributed by atoms with Crippen molar-refractivity contribution in [2.24, 2.45) is 0 Å². The van der Waals surface area contributed by atoms with E-state index in [9.17, 15) is 9.59 Å². The van der Waals surface area contributed by atoms with Crippen LogP contribution in [0.2, 0.25) is 5.02 Å². The molecule has 5 aromatic rings. The number of H-pyrrole nitrogens is 1. The zero-order chi connectivity index (χ0) is 22.9. The molecule has 33 heavy (non-hydrogen) atoms. The first-order valence-corrected chi connectivity index (χ1v) is 11.5. The number of hydrogen-bond donors (Lipinski definition) is 2. The van der Waals surface area contributed by atoms with E-state index in [0.29, 0.717) is 22.0 Å². The fourth-order valence-electron chi connectivity index (χ4n) is 3.76. The average molecular weight is 472 g/mol. The van der Waals surface area contributed by atoms with E-state index in [2.05, 4.69) is 10.3 Å². The van der Waals surface area contributed by atoms with Crippen LogP contribution in [0.5, 0.6) is 0 Å². The molecule has 2 aromatic heterocycles. The van der Waals surface area contributed by atoms with Gasteiger partial charge in [-0.3, -0.25) is 9.59 Å². The summed E-state index contributed by atoms with van der Waals surface area (Å²) < 4.78 is 0. The van der Waals surface area contributed by atoms with Crippen molar-refractivity contribution in [2.45, 2.75) is 6.92 Å². The number of hydrogen-bond acceptors (Lipinski definition) is 4. The lowest BCUT2D eigenvalue weighted by molar-refractivity contribution is -0.112. The molecule has 5 nitrogen and oxygen atoms in total. The Morgan fingerprint density at radius 1 is 0.970 bits per heavy atom. The van der Waals surface area contributed by atoms with Gasteiger partial charge in [0.15, 0.2) is 0 Å². The van der Waals surface area contributed by atoms with Gasteiger partial charge in [0.05, 0.1) is 11.3 Å². The van der Waals surface area contributed by atoms with Crippen LogP contribution >= 0.6 is 22.9 Å². The Morgan fingerprint density at radius 3 is 2.58 bits per heavy atom. The molecule has 0 saturated carbocycles. The van der Waals surface area contributed by atoms with Crippen molar-refractivity contribution in [3.05, 3.63) is 94.5 Å². The first-order chi connectivity index (χ1) is 16.0. The third-order valence-corrected chi connectivity index (χ3v) is 6.48. The van der Waals surface area contributed by atoms with Gasteiger partial charge in [-0.05, 0) is 37.3 Å². The van der Waals surface area contributed by atoms with Crippen LogP contribution in [0.1, 0.15) is 16.1 Å². The van der Waals surface area contributed by atoms with Crippen LogP contribution in [0.4, 0.5) is 5.69 Å². The van der Waals surface area contributed by atoms with Gasteiger partial charge < -0.3 is 10.3 Å². The number of para-hydroxylation sites is 1. The largest absolute Gasteiger partial charge is 0.358 e. The summed E-state index contributed by atoms with van der Waals surface area (Å²) in [5.41, 5.74) is 5.05. The van der Waals surface area contributed by atoms with Crippen molar-refractivity contribution >= 4 is 51.2 Å². The molecule has 0 saturated heterocycles. The molecule has 0 aliphatic carbocycles. The first-order valence-electron chi connectivity index (χ1n) is 10.2. The number of thiazole rings is 1. The standard InChI is InChI=1S/C26H18ClN3O2S/c1-15-23(20-7-2-3-8-21(20)28-15)24(31)25(32)29-19-6-4-5-17(13-19)22-14-33-26(30-22)16-9-11-18(27)12-10-16/h2-14,28H,1H3,(H,29,32). The average Bonchev–Trinajstić information content (AvgIpc) is 3.43. The van der Waals surface area contributed by atoms with Crippen LogP contribution in [-0.2, 0) is 4.79 Å². The summed E-state index contributed by atoms with van der Waals surface area (Å²) in [6, 6.07) is 22.3. The zero-order valence-corrected chi connectivity index (χ0v) is 19.1. The maximum atomic E-state index is 12.9. The van der Waals surface area contributed by atoms with E-state index in [4.69, 9.17) is 16.6 Å². The number of nitrogens with zero attached hydrogens (tertiary/aromatic N) is 1. The van der Waals surface area contributed by atoms with Gasteiger partial charge in [0.25, 0.3) is 11.7 Å². The van der Waals surface area contributed by atoms with Crippen molar-refractivity contribution in [3.8, 4) is 21.8 Å². The van der Waals surface area contributed by atoms with Gasteiger partial charge in [-0.15, -0.1) is 11.3 Å². The number of fused-ring (bicyclic) bond motifs is 1. The highest BCUT2D eigenvalue weighted by molar-refractivity contribution is 7.13. The molecule has 3 aromatic carbocycles. The number of anilines is 1. The van der Waals surface area contributed by atoms with Crippen LogP contribution in [0.15, 0.2) is 78.2 Å². The van der Waals surface area contributed by atoms with Gasteiger partial charge in [-0.2, -0.15) is 0 Å². The molecule has 2 heterocycles. The van der Waals surface area contributed by atoms with E-state index in [-0.39, 0.29) is 0 Å². The molecule has 7 heteroatoms. The van der Waals surface area contributed by atoms with Crippen LogP contribution in [0.3, 0.4) is 0 Å². The molecule has 0 atom stereocenters. The maximum Gasteiger partial charge on any atom is 0.296 e. The van der Waals surface area contributed by atoms with Crippen LogP contribution < -0.4 is 5.32 Å². The van der Waals surface area contributed by atoms with E-state index >= 15 is 0 Å². The minimum absolute atomic E-state index is 0.395. The summed E-state index contributed by atoms with van der Waals surface area (Å²) in [5.74, 6) is -1.26. The number of halogens is 1. The van der Waals surface area contributed by atoms with Crippen molar-refractivity contribution in [3.63, 3.8) is 0 Å². The summed E-state index contributed by atoms with van der Waals surface area (Å²) in [4.78, 5) is 33.6. The quantitative estimate of drug-likeness (QED) is 0.220. The number of aromatic amines is 1. The highest BCUT2D eigenvalue weighted by atomic mass is 35.5. The van der Waals surface area contributed by atoms with E-state index in [0.717, 1.165) is 32.7 Å². The molecular weight excluding hydrogens is 454 g/mol. The summed E-state index contributed by atoms with van der Waals surface area (Å²) in [5, 5.41) is 6.99. The van der Waals surface area contributed by atoms with Crippen molar-refractivity contribution in [2.75, 3.05) is 5.32 Å². The normalized spacial score (nSPS) is 11.0. The predicted octanol–water partition coefficient (Wildman–Crippen LogP) is 6.74. The fraction of sp³-hybridized carbons (Fsp3) is 0.0385. The number of carbonyl (C=O) groups excluding carboxylic acids is 2. The summed E-state index contributed by atoms with van der Waals surface area (Å²) in [7, 11) is 0. The number of benzene rings is 3. The molecular formula is C26H18ClN3O2S. The molecule has 0 fully saturated rings. The molecule has 0 bridgehead atoms. The Bertz CT molecular complexity index is 1500. The van der Waals surface area contributed by atoms with Gasteiger partial charge in [-0.25, -0.2) is 4.98 Å². The van der Waals surface area contributed by atoms with Crippen LogP contribution in [0, 0.1) is 6.92 Å². The second-order valence-electron chi connectivity index (χ2n) is 7.58. The van der Waals surface area contributed by atoms with Crippen molar-refractivity contribution in [1.82, 2.24) is 9.97 Å². The van der Waals surface area contributed by atoms with E-state index in [1.165, 1.54) is 11.3 Å². The number of aryl methyl sites for hydroxylation is 1. The minimum atomic E-state index is -0.680. The SMILES string of the molecule is Cc1[nH]c2ccccc2c1C(=O)C(=O)Nc1cccc(-c2csc(-c3ccc(Cl)cc3)n2)c1. The molecule has 0 radical (unpaired) electrons. The molecule has 2 N–H and O–H groups in total. The number of aromatic nitrogens is 2. The molecule has 0 aliphatic heterocycles. The number of Topliss-reactive ketones (excluding diaryl/α,β-unsaturated/α-hetero) is 1. The molecule has 0 spiro atoms. The highest BCUT2D eigenvalue weighted by Gasteiger charge is 2.22. The third-order valence-electron chi connectivity index (χ3n) is 5.34. The first kappa shape index (κ1) is 21.1. The fourth-order valence-corrected chi connectivity index (χ4v) is 4.72. The van der Waals surface area contributed by atoms with Crippen LogP contribution in [0.25, 0.3) is 32.7 Å². The number of rotatable bonds is 5. The molecule has 1 amide bonds. The van der Waals surface area contributed by atoms with Crippen LogP contribution in [-0.4, -0.2) is 21.7 Å². The van der Waals surface area contributed by atoms with E-state index in [1.807, 2.05) is 72.1 Å². The Balaban J connectivity index is 1.37. The Kier molecular flexibility index (Phi) is 5.54. The van der Waals surface area contributed by atoms with E-state index < -0.39 is 11.7 Å². The van der Waals surface area contributed by atoms with E-state index in [1.54, 1.807) is 13.0 Å². The number of carbonyl (C=O) groups is 2. The summed E-state index contributed by atoms with van der Waals surface area (Å²) in [6.07, 6.45) is 0. The number of nitrogens with one attached hydrogen (secondary N) is 2. The molecule has 0 unspecified atom stereocenters. The van der Waals surface area contributed by atoms with Gasteiger partial charge in [0.1, 0.15) is 5.01 Å². The van der Waals surface area contributed by atoms with Gasteiger partial charge in [0.2, 0.25) is 0 Å². The number of amides is 1. The van der Waals surface area contributed by atoms with Crippen molar-refractivity contribution in [1.29, 1.82) is 0 Å². The topological polar surface area (TPSA) is 74.8 Å². The Morgan fingerprint density at radius 2 is 1.76 bits per heavy atom. The predicted molar refractivity (Wildman–Crippen MR) is 134 cm³/mol. The lowest BCUT2D eigenvalue weighted by atomic mass is 10.1. The second kappa shape index (κ2) is 8.65. The zero-order valence-electron chi connectivity index (χ0n) is 17.6. The van der Waals surface area contributed by atoms with Gasteiger partial charge in [-0.1, -0.05) is 54.1 Å². The summed E-state index contributed by atoms with van der Waals surface area (Å²) >= 11 is 7.50. The second-order valence-corrected chi connectivity index (χ2v) is 8.87. The summed E-state index contributed by atoms with van der Waals surface area (Å²) in [6.45, 7) is 1.79. The lowest BCUT2D eigenvalue weighted by Gasteiger charge is -2.06. The Hall–Kier alpha value is -3.74. The smallest absolute Gasteiger partial charge is 0.296 e. The Labute approximate surface area is 199 Å². The van der Waals surface area contributed by atoms with Crippen molar-refractivity contribution < 1.29 is 9.59 Å². The van der Waals surface area contributed by atoms with Gasteiger partial charge in [0, 0.05) is 43.8 Å². The minimum Gasteiger partial charge on any atom is -0.358 e. The molecule has 0 aliphatic rings. The molecule has 162 valence electrons. The number of ketones is 1. The monoisotopic (exact) mass is 471 g/mol.